The molecule has 0 spiro atoms. The van der Waals surface area contributed by atoms with E-state index in [2.05, 4.69) is 203 Å². The lowest BCUT2D eigenvalue weighted by molar-refractivity contribution is 0.440. The van der Waals surface area contributed by atoms with Gasteiger partial charge in [0.1, 0.15) is 0 Å². The molecule has 8 rings (SSSR count). The van der Waals surface area contributed by atoms with Crippen molar-refractivity contribution in [3.63, 3.8) is 0 Å². The molecule has 2 heterocycles. The number of allylic oxidation sites excluding steroid dienone is 5. The van der Waals surface area contributed by atoms with Gasteiger partial charge in [0.05, 0.1) is 6.04 Å². The van der Waals surface area contributed by atoms with E-state index in [1.54, 1.807) is 0 Å². The zero-order valence-corrected chi connectivity index (χ0v) is 30.8. The third-order valence-electron chi connectivity index (χ3n) is 12.1. The molecule has 0 aromatic heterocycles. The zero-order chi connectivity index (χ0) is 35.3. The number of nitrogens with zero attached hydrogens (tertiary/aromatic N) is 2. The average Bonchev–Trinajstić information content (AvgIpc) is 3.49. The van der Waals surface area contributed by atoms with Crippen LogP contribution >= 0.6 is 0 Å². The van der Waals surface area contributed by atoms with Gasteiger partial charge in [-0.15, -0.1) is 0 Å². The van der Waals surface area contributed by atoms with Gasteiger partial charge in [-0.25, -0.2) is 0 Å². The summed E-state index contributed by atoms with van der Waals surface area (Å²) in [7, 11) is 4.50. The van der Waals surface area contributed by atoms with Crippen LogP contribution < -0.4 is 9.80 Å². The summed E-state index contributed by atoms with van der Waals surface area (Å²) < 4.78 is 0. The van der Waals surface area contributed by atoms with Crippen molar-refractivity contribution in [1.29, 1.82) is 0 Å². The Morgan fingerprint density at radius 3 is 1.76 bits per heavy atom. The van der Waals surface area contributed by atoms with Crippen LogP contribution in [0.2, 0.25) is 0 Å². The molecular weight excluding hydrogens is 617 g/mol. The van der Waals surface area contributed by atoms with E-state index < -0.39 is 0 Å². The van der Waals surface area contributed by atoms with Gasteiger partial charge in [-0.3, -0.25) is 0 Å². The van der Waals surface area contributed by atoms with Crippen molar-refractivity contribution in [2.75, 3.05) is 23.9 Å². The molecule has 2 aliphatic rings. The summed E-state index contributed by atoms with van der Waals surface area (Å²) in [4.78, 5) is 4.91. The van der Waals surface area contributed by atoms with Gasteiger partial charge in [-0.1, -0.05) is 140 Å². The minimum Gasteiger partial charge on any atom is -0.367 e. The van der Waals surface area contributed by atoms with Crippen LogP contribution in [-0.2, 0) is 23.7 Å². The lowest BCUT2D eigenvalue weighted by atomic mass is 9.71. The van der Waals surface area contributed by atoms with Gasteiger partial charge in [0.2, 0.25) is 0 Å². The Morgan fingerprint density at radius 1 is 0.569 bits per heavy atom. The van der Waals surface area contributed by atoms with E-state index in [1.807, 2.05) is 0 Å². The van der Waals surface area contributed by atoms with Crippen LogP contribution in [0.3, 0.4) is 0 Å². The summed E-state index contributed by atoms with van der Waals surface area (Å²) in [6.45, 7) is 9.40. The summed E-state index contributed by atoms with van der Waals surface area (Å²) in [5.74, 6) is 0. The summed E-state index contributed by atoms with van der Waals surface area (Å²) in [6.07, 6.45) is 13.5. The molecule has 2 heteroatoms. The first-order chi connectivity index (χ1) is 24.7. The smallest absolute Gasteiger partial charge is 0.0571 e. The first-order valence-corrected chi connectivity index (χ1v) is 18.4. The molecule has 0 N–H and O–H groups in total. The van der Waals surface area contributed by atoms with Crippen molar-refractivity contribution in [3.8, 4) is 0 Å². The van der Waals surface area contributed by atoms with Crippen LogP contribution in [0.25, 0.3) is 21.5 Å². The largest absolute Gasteiger partial charge is 0.367 e. The van der Waals surface area contributed by atoms with Crippen LogP contribution in [0.15, 0.2) is 157 Å². The molecule has 51 heavy (non-hydrogen) atoms. The van der Waals surface area contributed by atoms with Gasteiger partial charge in [0.25, 0.3) is 0 Å². The maximum Gasteiger partial charge on any atom is 0.0571 e. The Balaban J connectivity index is 1.17. The van der Waals surface area contributed by atoms with Crippen molar-refractivity contribution in [2.24, 2.45) is 0 Å². The van der Waals surface area contributed by atoms with Crippen molar-refractivity contribution >= 4 is 32.9 Å². The number of hydrogen-bond acceptors (Lipinski definition) is 2. The summed E-state index contributed by atoms with van der Waals surface area (Å²) in [6, 6.07) is 44.9. The number of hydrogen-bond donors (Lipinski definition) is 0. The maximum atomic E-state index is 2.49. The molecule has 3 atom stereocenters. The average molecular weight is 665 g/mol. The molecule has 0 amide bonds. The molecular formula is C49H48N2. The van der Waals surface area contributed by atoms with Crippen molar-refractivity contribution < 1.29 is 0 Å². The molecule has 0 bridgehead atoms. The van der Waals surface area contributed by atoms with Gasteiger partial charge in [0, 0.05) is 42.0 Å². The highest BCUT2D eigenvalue weighted by Gasteiger charge is 2.46. The van der Waals surface area contributed by atoms with E-state index in [0.29, 0.717) is 0 Å². The first kappa shape index (κ1) is 32.8. The molecule has 2 nitrogen and oxygen atoms in total. The summed E-state index contributed by atoms with van der Waals surface area (Å²) in [5, 5.41) is 5.30. The van der Waals surface area contributed by atoms with Crippen LogP contribution in [0.1, 0.15) is 47.2 Å². The van der Waals surface area contributed by atoms with E-state index in [0.717, 1.165) is 12.8 Å². The predicted molar refractivity (Wildman–Crippen MR) is 219 cm³/mol. The summed E-state index contributed by atoms with van der Waals surface area (Å²) in [5.41, 5.74) is 12.0. The highest BCUT2D eigenvalue weighted by Crippen LogP contribution is 2.53. The number of aryl methyl sites for hydroxylation is 2. The molecule has 6 aromatic carbocycles. The van der Waals surface area contributed by atoms with Gasteiger partial charge in [0.15, 0.2) is 0 Å². The van der Waals surface area contributed by atoms with E-state index in [4.69, 9.17) is 0 Å². The second-order valence-corrected chi connectivity index (χ2v) is 15.3. The van der Waals surface area contributed by atoms with E-state index in [1.165, 1.54) is 72.0 Å². The topological polar surface area (TPSA) is 6.48 Å². The highest BCUT2D eigenvalue weighted by molar-refractivity contribution is 5.95. The van der Waals surface area contributed by atoms with Crippen molar-refractivity contribution in [3.05, 3.63) is 191 Å². The molecule has 0 fully saturated rings. The van der Waals surface area contributed by atoms with Crippen LogP contribution in [-0.4, -0.2) is 20.1 Å². The fraction of sp³-hybridized carbons (Fsp3) is 0.224. The van der Waals surface area contributed by atoms with Crippen LogP contribution in [0, 0.1) is 13.8 Å². The van der Waals surface area contributed by atoms with Gasteiger partial charge >= 0.3 is 0 Å². The van der Waals surface area contributed by atoms with E-state index >= 15 is 0 Å². The number of likely N-dealkylation sites (N-methyl/N-ethyl adjacent to an activating group) is 2. The number of fused-ring (bicyclic) bond motifs is 6. The quantitative estimate of drug-likeness (QED) is 0.157. The third kappa shape index (κ3) is 5.40. The normalized spacial score (nSPS) is 22.2. The Hall–Kier alpha value is -5.34. The molecule has 0 saturated carbocycles. The van der Waals surface area contributed by atoms with Crippen LogP contribution in [0.5, 0.6) is 0 Å². The molecule has 3 unspecified atom stereocenters. The fourth-order valence-electron chi connectivity index (χ4n) is 9.41. The molecule has 0 aliphatic carbocycles. The maximum absolute atomic E-state index is 2.49. The Kier molecular flexibility index (Phi) is 8.22. The lowest BCUT2D eigenvalue weighted by Gasteiger charge is -2.34. The standard InChI is InChI=1S/C49H48N2/c1-34-18-10-12-22-38(34)32-48(3)44(50(5)42-30-28-36-20-14-16-24-40(36)46(42)48)26-8-7-9-27-45-49(4,33-39-23-13-11-19-35(39)2)47-41-25-17-15-21-37(41)29-31-43(47)51(45)6/h7-31,44H,32-33H2,1-6H3/b9-7+,26-8+,45-27+. The molecule has 0 radical (unpaired) electrons. The monoisotopic (exact) mass is 664 g/mol. The second-order valence-electron chi connectivity index (χ2n) is 15.3. The first-order valence-electron chi connectivity index (χ1n) is 18.4. The highest BCUT2D eigenvalue weighted by atomic mass is 15.2. The minimum atomic E-state index is -0.189. The van der Waals surface area contributed by atoms with Gasteiger partial charge < -0.3 is 9.80 Å². The van der Waals surface area contributed by atoms with Crippen molar-refractivity contribution in [2.45, 2.75) is 57.4 Å². The molecule has 6 aromatic rings. The molecule has 254 valence electrons. The minimum absolute atomic E-state index is 0.111. The fourth-order valence-corrected chi connectivity index (χ4v) is 9.41. The van der Waals surface area contributed by atoms with Crippen molar-refractivity contribution in [1.82, 2.24) is 0 Å². The zero-order valence-electron chi connectivity index (χ0n) is 30.8. The Bertz CT molecular complexity index is 2380. The van der Waals surface area contributed by atoms with Gasteiger partial charge in [-0.2, -0.15) is 0 Å². The third-order valence-corrected chi connectivity index (χ3v) is 12.1. The number of benzene rings is 6. The van der Waals surface area contributed by atoms with Crippen LogP contribution in [0.4, 0.5) is 11.4 Å². The summed E-state index contributed by atoms with van der Waals surface area (Å²) >= 11 is 0. The Labute approximate surface area is 304 Å². The number of rotatable bonds is 7. The number of anilines is 2. The Morgan fingerprint density at radius 2 is 1.12 bits per heavy atom. The lowest BCUT2D eigenvalue weighted by Crippen LogP contribution is -2.41. The predicted octanol–water partition coefficient (Wildman–Crippen LogP) is 11.6. The van der Waals surface area contributed by atoms with E-state index in [9.17, 15) is 0 Å². The van der Waals surface area contributed by atoms with E-state index in [-0.39, 0.29) is 16.9 Å². The molecule has 0 saturated heterocycles. The van der Waals surface area contributed by atoms with Gasteiger partial charge in [-0.05, 0) is 107 Å². The SMILES string of the molecule is Cc1ccccc1CC1(C)\C(=C/C=C/C=C/C2N(C)c3ccc4ccccc4c3C2(C)Cc2ccccc2C)N(C)c2ccc3ccccc3c21. The second kappa shape index (κ2) is 12.8. The molecule has 2 aliphatic heterocycles.